The molecule has 2 nitrogen and oxygen atoms in total. The van der Waals surface area contributed by atoms with Gasteiger partial charge in [-0.1, -0.05) is 46.9 Å². The zero-order valence-corrected chi connectivity index (χ0v) is 12.4. The Bertz CT molecular complexity index is 551. The van der Waals surface area contributed by atoms with Crippen molar-refractivity contribution in [3.05, 3.63) is 71.0 Å². The summed E-state index contributed by atoms with van der Waals surface area (Å²) in [5.74, 6) is -0.395. The molecule has 0 aliphatic rings. The number of hydrogen-bond donors (Lipinski definition) is 1. The second-order valence-electron chi connectivity index (χ2n) is 4.14. The second-order valence-corrected chi connectivity index (χ2v) is 4.90. The van der Waals surface area contributed by atoms with E-state index in [4.69, 9.17) is 0 Å². The molecule has 0 bridgehead atoms. The summed E-state index contributed by atoms with van der Waals surface area (Å²) >= 11 is 2.28. The van der Waals surface area contributed by atoms with Gasteiger partial charge >= 0.3 is 0 Å². The highest BCUT2D eigenvalue weighted by Gasteiger charge is 2.04. The molecule has 0 unspecified atom stereocenters. The average molecular weight is 369 g/mol. The lowest BCUT2D eigenvalue weighted by atomic mass is 10.1. The van der Waals surface area contributed by atoms with Gasteiger partial charge in [-0.3, -0.25) is 4.79 Å². The van der Waals surface area contributed by atoms with E-state index < -0.39 is 0 Å². The molecular formula is C15H13FINO. The van der Waals surface area contributed by atoms with E-state index in [1.165, 1.54) is 17.7 Å². The molecule has 1 N–H and O–H groups in total. The monoisotopic (exact) mass is 369 g/mol. The second kappa shape index (κ2) is 6.65. The van der Waals surface area contributed by atoms with Crippen LogP contribution in [0, 0.1) is 5.82 Å². The maximum absolute atomic E-state index is 12.7. The molecule has 0 aliphatic heterocycles. The quantitative estimate of drug-likeness (QED) is 0.647. The van der Waals surface area contributed by atoms with Gasteiger partial charge in [-0.2, -0.15) is 0 Å². The molecule has 1 amide bonds. The van der Waals surface area contributed by atoms with Crippen LogP contribution in [-0.4, -0.2) is 5.91 Å². The summed E-state index contributed by atoms with van der Waals surface area (Å²) in [6, 6.07) is 13.6. The summed E-state index contributed by atoms with van der Waals surface area (Å²) in [6.45, 7) is 0.396. The van der Waals surface area contributed by atoms with Gasteiger partial charge in [-0.05, 0) is 35.4 Å². The van der Waals surface area contributed by atoms with Crippen LogP contribution in [-0.2, 0) is 11.0 Å². The number of alkyl halides is 1. The van der Waals surface area contributed by atoms with Crippen molar-refractivity contribution in [1.82, 2.24) is 5.32 Å². The third-order valence-corrected chi connectivity index (χ3v) is 3.62. The molecule has 2 rings (SSSR count). The molecule has 19 heavy (non-hydrogen) atoms. The first-order valence-corrected chi connectivity index (χ1v) is 7.39. The minimum Gasteiger partial charge on any atom is -0.348 e. The number of amides is 1. The maximum Gasteiger partial charge on any atom is 0.251 e. The molecule has 0 saturated heterocycles. The van der Waals surface area contributed by atoms with E-state index in [-0.39, 0.29) is 11.7 Å². The van der Waals surface area contributed by atoms with Gasteiger partial charge in [0.15, 0.2) is 0 Å². The number of rotatable bonds is 4. The minimum atomic E-state index is -0.274. The predicted octanol–water partition coefficient (Wildman–Crippen LogP) is 3.69. The first-order valence-electron chi connectivity index (χ1n) is 5.86. The predicted molar refractivity (Wildman–Crippen MR) is 81.7 cm³/mol. The largest absolute Gasteiger partial charge is 0.348 e. The van der Waals surface area contributed by atoms with Gasteiger partial charge in [-0.25, -0.2) is 4.39 Å². The van der Waals surface area contributed by atoms with E-state index in [1.54, 1.807) is 12.1 Å². The van der Waals surface area contributed by atoms with Crippen molar-refractivity contribution < 1.29 is 9.18 Å². The summed E-state index contributed by atoms with van der Waals surface area (Å²) in [7, 11) is 0. The van der Waals surface area contributed by atoms with Crippen molar-refractivity contribution in [2.45, 2.75) is 11.0 Å². The molecular weight excluding hydrogens is 356 g/mol. The van der Waals surface area contributed by atoms with Crippen LogP contribution in [0.2, 0.25) is 0 Å². The van der Waals surface area contributed by atoms with Gasteiger partial charge in [0, 0.05) is 16.5 Å². The Labute approximate surface area is 125 Å². The summed E-state index contributed by atoms with van der Waals surface area (Å²) < 4.78 is 13.7. The fraction of sp³-hybridized carbons (Fsp3) is 0.133. The Morgan fingerprint density at radius 1 is 1.00 bits per heavy atom. The SMILES string of the molecule is O=C(NCc1ccc(F)cc1)c1ccc(CI)cc1. The van der Waals surface area contributed by atoms with Crippen molar-refractivity contribution in [2.75, 3.05) is 0 Å². The number of carbonyl (C=O) groups excluding carboxylic acids is 1. The summed E-state index contributed by atoms with van der Waals surface area (Å²) in [6.07, 6.45) is 0. The van der Waals surface area contributed by atoms with Gasteiger partial charge in [-0.15, -0.1) is 0 Å². The van der Waals surface area contributed by atoms with Crippen LogP contribution in [0.4, 0.5) is 4.39 Å². The molecule has 0 fully saturated rings. The topological polar surface area (TPSA) is 29.1 Å². The van der Waals surface area contributed by atoms with E-state index in [1.807, 2.05) is 24.3 Å². The summed E-state index contributed by atoms with van der Waals surface area (Å²) in [4.78, 5) is 11.9. The molecule has 0 aliphatic carbocycles. The van der Waals surface area contributed by atoms with Gasteiger partial charge in [0.1, 0.15) is 5.82 Å². The van der Waals surface area contributed by atoms with Crippen LogP contribution < -0.4 is 5.32 Å². The van der Waals surface area contributed by atoms with Crippen LogP contribution in [0.15, 0.2) is 48.5 Å². The summed E-state index contributed by atoms with van der Waals surface area (Å²) in [5.41, 5.74) is 2.70. The first-order chi connectivity index (χ1) is 9.19. The highest BCUT2D eigenvalue weighted by Crippen LogP contribution is 2.08. The van der Waals surface area contributed by atoms with Gasteiger partial charge < -0.3 is 5.32 Å². The fourth-order valence-corrected chi connectivity index (χ4v) is 2.14. The normalized spacial score (nSPS) is 10.2. The molecule has 98 valence electrons. The average Bonchev–Trinajstić information content (AvgIpc) is 2.46. The lowest BCUT2D eigenvalue weighted by Gasteiger charge is -2.06. The molecule has 2 aromatic carbocycles. The molecule has 0 radical (unpaired) electrons. The van der Waals surface area contributed by atoms with E-state index in [9.17, 15) is 9.18 Å². The Hall–Kier alpha value is -1.43. The maximum atomic E-state index is 12.7. The summed E-state index contributed by atoms with van der Waals surface area (Å²) in [5, 5.41) is 2.81. The Morgan fingerprint density at radius 3 is 2.16 bits per heavy atom. The van der Waals surface area contributed by atoms with Crippen LogP contribution in [0.1, 0.15) is 21.5 Å². The van der Waals surface area contributed by atoms with Crippen molar-refractivity contribution in [3.8, 4) is 0 Å². The van der Waals surface area contributed by atoms with Gasteiger partial charge in [0.2, 0.25) is 0 Å². The van der Waals surface area contributed by atoms with E-state index in [2.05, 4.69) is 27.9 Å². The van der Waals surface area contributed by atoms with Crippen LogP contribution in [0.3, 0.4) is 0 Å². The third-order valence-electron chi connectivity index (χ3n) is 2.74. The molecule has 0 heterocycles. The van der Waals surface area contributed by atoms with Crippen molar-refractivity contribution >= 4 is 28.5 Å². The Morgan fingerprint density at radius 2 is 1.58 bits per heavy atom. The zero-order valence-electron chi connectivity index (χ0n) is 10.2. The Kier molecular flexibility index (Phi) is 4.90. The number of nitrogens with one attached hydrogen (secondary N) is 1. The van der Waals surface area contributed by atoms with Crippen LogP contribution in [0.25, 0.3) is 0 Å². The highest BCUT2D eigenvalue weighted by molar-refractivity contribution is 14.1. The lowest BCUT2D eigenvalue weighted by molar-refractivity contribution is 0.0951. The van der Waals surface area contributed by atoms with Gasteiger partial charge in [0.25, 0.3) is 5.91 Å². The van der Waals surface area contributed by atoms with E-state index in [0.717, 1.165) is 9.99 Å². The lowest BCUT2D eigenvalue weighted by Crippen LogP contribution is -2.22. The molecule has 0 saturated carbocycles. The van der Waals surface area contributed by atoms with Crippen molar-refractivity contribution in [1.29, 1.82) is 0 Å². The minimum absolute atomic E-state index is 0.121. The molecule has 0 aromatic heterocycles. The van der Waals surface area contributed by atoms with E-state index >= 15 is 0 Å². The molecule has 4 heteroatoms. The molecule has 0 atom stereocenters. The number of hydrogen-bond acceptors (Lipinski definition) is 1. The van der Waals surface area contributed by atoms with Crippen molar-refractivity contribution in [2.24, 2.45) is 0 Å². The standard InChI is InChI=1S/C15H13FINO/c16-14-7-3-12(4-8-14)10-18-15(19)13-5-1-11(9-17)2-6-13/h1-8H,9-10H2,(H,18,19). The van der Waals surface area contributed by atoms with Gasteiger partial charge in [0.05, 0.1) is 0 Å². The molecule has 2 aromatic rings. The smallest absolute Gasteiger partial charge is 0.251 e. The number of carbonyl (C=O) groups is 1. The first kappa shape index (κ1) is 14.0. The van der Waals surface area contributed by atoms with E-state index in [0.29, 0.717) is 12.1 Å². The zero-order chi connectivity index (χ0) is 13.7. The molecule has 0 spiro atoms. The van der Waals surface area contributed by atoms with Crippen LogP contribution >= 0.6 is 22.6 Å². The number of halogens is 2. The van der Waals surface area contributed by atoms with Crippen LogP contribution in [0.5, 0.6) is 0 Å². The third kappa shape index (κ3) is 4.02. The highest BCUT2D eigenvalue weighted by atomic mass is 127. The Balaban J connectivity index is 1.95. The number of benzene rings is 2. The van der Waals surface area contributed by atoms with Crippen molar-refractivity contribution in [3.63, 3.8) is 0 Å². The fourth-order valence-electron chi connectivity index (χ4n) is 1.63.